The number of nitrogens with zero attached hydrogens (tertiary/aromatic N) is 4. The smallest absolute Gasteiger partial charge is 0.323 e. The van der Waals surface area contributed by atoms with Gasteiger partial charge in [-0.25, -0.2) is 0 Å². The number of carbonyl (C=O) groups excluding carboxylic acids is 4. The van der Waals surface area contributed by atoms with Crippen LogP contribution in [0.2, 0.25) is 0 Å². The summed E-state index contributed by atoms with van der Waals surface area (Å²) in [7, 11) is -5.62. The number of hydrogen-bond acceptors (Lipinski definition) is 24. The molecule has 0 aromatic heterocycles. The van der Waals surface area contributed by atoms with E-state index in [0.717, 1.165) is 28.7 Å². The van der Waals surface area contributed by atoms with Crippen molar-refractivity contribution in [2.45, 2.75) is 260 Å². The molecule has 672 valence electrons. The van der Waals surface area contributed by atoms with E-state index < -0.39 is 226 Å². The second-order valence-electron chi connectivity index (χ2n) is 33.0. The summed E-state index contributed by atoms with van der Waals surface area (Å²) in [4.78, 5) is 62.0. The third-order valence-corrected chi connectivity index (χ3v) is 23.1. The monoisotopic (exact) mass is 1720 g/mol. The van der Waals surface area contributed by atoms with Gasteiger partial charge in [0.15, 0.2) is 46.0 Å². The van der Waals surface area contributed by atoms with Gasteiger partial charge in [-0.05, 0) is 192 Å². The number of esters is 4. The Morgan fingerprint density at radius 3 is 0.717 bits per heavy atom. The highest BCUT2D eigenvalue weighted by Gasteiger charge is 2.47. The average Bonchev–Trinajstić information content (AvgIpc) is 0.720. The van der Waals surface area contributed by atoms with Crippen LogP contribution < -0.4 is 60.8 Å². The van der Waals surface area contributed by atoms with Crippen molar-refractivity contribution in [1.82, 2.24) is 19.6 Å². The summed E-state index contributed by atoms with van der Waals surface area (Å²) in [6.45, 7) is -10.9. The fourth-order valence-corrected chi connectivity index (χ4v) is 17.5. The van der Waals surface area contributed by atoms with Crippen LogP contribution in [0.5, 0.6) is 46.0 Å². The molecular weight excluding hydrogens is 1520 g/mol. The molecule has 16 atom stereocenters. The Labute approximate surface area is 786 Å². The van der Waals surface area contributed by atoms with Crippen LogP contribution in [0.4, 0.5) is 0 Å². The zero-order valence-corrected chi connectivity index (χ0v) is 70.3. The van der Waals surface area contributed by atoms with Gasteiger partial charge in [-0.3, -0.25) is 38.8 Å². The number of ether oxygens (including phenoxy) is 12. The molecule has 0 radical (unpaired) electrons. The highest BCUT2D eigenvalue weighted by molar-refractivity contribution is 5.77. The Bertz CT molecular complexity index is 6050. The first-order chi connectivity index (χ1) is 75.5. The van der Waals surface area contributed by atoms with Crippen LogP contribution in [-0.4, -0.2) is 201 Å². The number of methoxy groups -OCH3 is 8. The molecule has 0 spiro atoms. The minimum absolute atomic E-state index is 0.0185. The molecule has 24 heteroatoms. The fraction of sp³-hybridized carbons (Fsp3) is 0.708. The lowest BCUT2D eigenvalue weighted by molar-refractivity contribution is -0.161. The summed E-state index contributed by atoms with van der Waals surface area (Å²) in [5.74, 6) is -24.0. The summed E-state index contributed by atoms with van der Waals surface area (Å²) in [6, 6.07) is -3.92. The number of rotatable bonds is 28. The molecule has 4 saturated heterocycles. The molecule has 8 aliphatic rings. The summed E-state index contributed by atoms with van der Waals surface area (Å²) < 4.78 is 442. The second kappa shape index (κ2) is 43.9. The molecule has 4 aromatic carbocycles. The molecule has 0 saturated carbocycles. The van der Waals surface area contributed by atoms with E-state index in [1.807, 2.05) is 72.4 Å². The largest absolute Gasteiger partial charge is 0.493 e. The molecule has 24 nitrogen and oxygen atoms in total. The predicted molar refractivity (Wildman–Crippen MR) is 471 cm³/mol. The van der Waals surface area contributed by atoms with E-state index in [1.54, 1.807) is 18.2 Å². The molecule has 12 rings (SSSR count). The Hall–Kier alpha value is -7.16. The number of nitrogens with two attached hydrogens (primary N) is 4. The van der Waals surface area contributed by atoms with Crippen molar-refractivity contribution in [3.63, 3.8) is 0 Å². The molecule has 4 fully saturated rings. The van der Waals surface area contributed by atoms with E-state index in [4.69, 9.17) is 140 Å². The van der Waals surface area contributed by atoms with E-state index in [9.17, 15) is 24.7 Å². The predicted octanol–water partition coefficient (Wildman–Crippen LogP) is 14.3. The Morgan fingerprint density at radius 2 is 0.533 bits per heavy atom. The number of benzene rings is 4. The van der Waals surface area contributed by atoms with Gasteiger partial charge in [-0.1, -0.05) is 110 Å². The van der Waals surface area contributed by atoms with Crippen molar-refractivity contribution in [3.05, 3.63) is 93.0 Å². The summed E-state index contributed by atoms with van der Waals surface area (Å²) in [6.07, 6.45) is -5.24. The van der Waals surface area contributed by atoms with Crippen molar-refractivity contribution in [3.8, 4) is 46.0 Å². The van der Waals surface area contributed by atoms with Crippen molar-refractivity contribution >= 4 is 23.9 Å². The highest BCUT2D eigenvalue weighted by atomic mass is 16.6. The minimum atomic E-state index is -3.81. The van der Waals surface area contributed by atoms with E-state index >= 15 is 0 Å². The van der Waals surface area contributed by atoms with Gasteiger partial charge < -0.3 is 79.8 Å². The number of carbonyl (C=O) groups is 4. The molecule has 12 unspecified atom stereocenters. The van der Waals surface area contributed by atoms with Crippen LogP contribution in [-0.2, 0) is 63.8 Å². The zero-order valence-electron chi connectivity index (χ0n) is 118. The fourth-order valence-electron chi connectivity index (χ4n) is 17.5. The van der Waals surface area contributed by atoms with E-state index in [1.165, 1.54) is 46.6 Å². The van der Waals surface area contributed by atoms with Gasteiger partial charge in [-0.15, -0.1) is 0 Å². The maximum Gasteiger partial charge on any atom is 0.323 e. The van der Waals surface area contributed by atoms with Gasteiger partial charge in [-0.2, -0.15) is 0 Å². The van der Waals surface area contributed by atoms with Crippen LogP contribution in [0.25, 0.3) is 0 Å². The maximum absolute atomic E-state index is 13.5. The van der Waals surface area contributed by atoms with E-state index in [0.29, 0.717) is 111 Å². The lowest BCUT2D eigenvalue weighted by Crippen LogP contribution is -2.51. The molecular formula is C96H152N8O16. The standard InChI is InChI=1S/4C24H38N2O4/c4*1-14(2)9-17-13-26-8-7-16-10-21(28-5)22(29-6)11-18(16)19(26)12-20(17)30-24(27)23(25)15(3)4/h4*10-11,14-15,17,19-20,23H,7-9,12-13,25H2,1-6H3/t4*17?,19?,20?,23-/m0000/s1/i3D3,4D3,5D3,6D3,15D,20D,23D;3D3,4D3,6D3,15D,20D,23D;3D3,4D3,5D3,15D,20D,23D;3D3,4D3,15D,20D,23D. The van der Waals surface area contributed by atoms with Crippen LogP contribution in [0.15, 0.2) is 48.5 Å². The molecule has 8 aliphatic heterocycles. The SMILES string of the molecule is [2H]C([2H])([2H])Oc1cc2c(cc1OC([2H])([2H])[2H])C1CC([2H])(OC(=O)[C@@]([2H])(N)C([2H])(C([2H])([2H])[2H])C([2H])([2H])[2H])C(CC(C)C)CN1CC2.[2H]C([2H])([2H])Oc1cc2c(cc1OC)C1CC([2H])(OC(=O)[C@@]([2H])(N)C([2H])(C([2H])([2H])[2H])C([2H])([2H])[2H])C(CC(C)C)CN1CC2.[2H]C([2H])([2H])Oc1cc2c(cc1OC)CCN1CC(CC(C)C)C([2H])(OC(=O)[C@@]([2H])(N)C([2H])(C([2H])([2H])[2H])C([2H])([2H])[2H])CC21.[2H]C1(OC(=O)[C@@]([2H])(N)C([2H])(C([2H])([2H])[2H])C([2H])([2H])[2H])CC2c3cc(OC)c(OC)cc3CCN2CC1CC(C)C. The van der Waals surface area contributed by atoms with Crippen molar-refractivity contribution in [2.75, 3.05) is 109 Å². The first kappa shape index (κ1) is 49.5. The number of fused-ring (bicyclic) bond motifs is 12. The number of piperidine rings is 4. The topological polar surface area (TPSA) is 296 Å². The van der Waals surface area contributed by atoms with Gasteiger partial charge in [0.25, 0.3) is 0 Å². The zero-order chi connectivity index (χ0) is 129. The maximum atomic E-state index is 13.5. The normalized spacial score (nSPS) is 35.9. The highest BCUT2D eigenvalue weighted by Crippen LogP contribution is 2.50. The van der Waals surface area contributed by atoms with E-state index in [-0.39, 0.29) is 104 Å². The lowest BCUT2D eigenvalue weighted by Gasteiger charge is -2.47. The third kappa shape index (κ3) is 23.8. The quantitative estimate of drug-likeness (QED) is 0.0303. The first-order valence-corrected chi connectivity index (χ1v) is 40.2. The number of hydrogen-bond donors (Lipinski definition) is 4. The van der Waals surface area contributed by atoms with Crippen LogP contribution >= 0.6 is 0 Å². The molecule has 8 heterocycles. The molecule has 8 N–H and O–H groups in total. The molecule has 0 amide bonds. The van der Waals surface area contributed by atoms with Crippen molar-refractivity contribution in [2.24, 2.45) is 93.9 Å². The Kier molecular flexibility index (Phi) is 18.1. The molecule has 120 heavy (non-hydrogen) atoms. The molecule has 0 aliphatic carbocycles. The van der Waals surface area contributed by atoms with E-state index in [2.05, 4.69) is 14.7 Å². The summed E-state index contributed by atoms with van der Waals surface area (Å²) in [5, 5.41) is 0. The van der Waals surface area contributed by atoms with Crippen LogP contribution in [0.1, 0.15) is 296 Å². The van der Waals surface area contributed by atoms with Crippen molar-refractivity contribution in [1.29, 1.82) is 0 Å². The van der Waals surface area contributed by atoms with Crippen molar-refractivity contribution < 1.29 is 142 Å². The minimum Gasteiger partial charge on any atom is -0.493 e. The van der Waals surface area contributed by atoms with Crippen LogP contribution in [0.3, 0.4) is 0 Å². The first-order valence-electron chi connectivity index (χ1n) is 64.2. The molecule has 0 bridgehead atoms. The van der Waals surface area contributed by atoms with Gasteiger partial charge in [0, 0.05) is 164 Å². The third-order valence-electron chi connectivity index (χ3n) is 23.1. The second-order valence-corrected chi connectivity index (χ2v) is 33.0. The van der Waals surface area contributed by atoms with Gasteiger partial charge in [0.05, 0.1) is 84.0 Å². The summed E-state index contributed by atoms with van der Waals surface area (Å²) in [5.41, 5.74) is 28.7. The summed E-state index contributed by atoms with van der Waals surface area (Å²) >= 11 is 0. The molecule has 4 aromatic rings. The van der Waals surface area contributed by atoms with Gasteiger partial charge in [0.1, 0.15) is 48.4 Å². The van der Waals surface area contributed by atoms with Gasteiger partial charge in [0.2, 0.25) is 0 Å². The Balaban J connectivity index is 0.000000246. The lowest BCUT2D eigenvalue weighted by atomic mass is 9.79. The average molecular weight is 1720 g/mol. The van der Waals surface area contributed by atoms with Crippen LogP contribution in [0, 0.1) is 70.9 Å². The van der Waals surface area contributed by atoms with Gasteiger partial charge >= 0.3 is 23.9 Å². The Morgan fingerprint density at radius 1 is 0.342 bits per heavy atom.